The summed E-state index contributed by atoms with van der Waals surface area (Å²) in [7, 11) is -1.40. The molecule has 1 fully saturated rings. The third-order valence-electron chi connectivity index (χ3n) is 4.03. The summed E-state index contributed by atoms with van der Waals surface area (Å²) >= 11 is 0. The van der Waals surface area contributed by atoms with Crippen molar-refractivity contribution in [1.82, 2.24) is 9.62 Å². The van der Waals surface area contributed by atoms with E-state index in [1.807, 2.05) is 33.0 Å². The summed E-state index contributed by atoms with van der Waals surface area (Å²) < 4.78 is 27.1. The van der Waals surface area contributed by atoms with Crippen LogP contribution in [0.4, 0.5) is 0 Å². The van der Waals surface area contributed by atoms with Gasteiger partial charge in [0.1, 0.15) is 0 Å². The highest BCUT2D eigenvalue weighted by molar-refractivity contribution is 7.89. The van der Waals surface area contributed by atoms with Crippen LogP contribution in [0.25, 0.3) is 0 Å². The Kier molecular flexibility index (Phi) is 4.83. The normalized spacial score (nSPS) is 18.4. The minimum atomic E-state index is -3.34. The van der Waals surface area contributed by atoms with Gasteiger partial charge in [0.15, 0.2) is 0 Å². The Hall–Kier alpha value is -0.910. The van der Waals surface area contributed by atoms with E-state index in [-0.39, 0.29) is 0 Å². The van der Waals surface area contributed by atoms with Crippen LogP contribution in [0, 0.1) is 19.8 Å². The first-order chi connectivity index (χ1) is 9.45. The zero-order valence-corrected chi connectivity index (χ0v) is 13.3. The summed E-state index contributed by atoms with van der Waals surface area (Å²) in [6.07, 6.45) is 1.87. The first kappa shape index (κ1) is 15.5. The average Bonchev–Trinajstić information content (AvgIpc) is 2.42. The number of piperidine rings is 1. The number of rotatable bonds is 4. The van der Waals surface area contributed by atoms with Crippen molar-refractivity contribution < 1.29 is 8.42 Å². The summed E-state index contributed by atoms with van der Waals surface area (Å²) in [6, 6.07) is 5.62. The second-order valence-corrected chi connectivity index (χ2v) is 7.58. The number of hydrogen-bond acceptors (Lipinski definition) is 3. The molecule has 0 aliphatic carbocycles. The van der Waals surface area contributed by atoms with E-state index in [0.717, 1.165) is 30.5 Å². The van der Waals surface area contributed by atoms with Crippen molar-refractivity contribution in [2.75, 3.05) is 26.7 Å². The van der Waals surface area contributed by atoms with E-state index in [9.17, 15) is 8.42 Å². The lowest BCUT2D eigenvalue weighted by Crippen LogP contribution is -2.40. The van der Waals surface area contributed by atoms with E-state index in [4.69, 9.17) is 0 Å². The van der Waals surface area contributed by atoms with Gasteiger partial charge < -0.3 is 5.32 Å². The van der Waals surface area contributed by atoms with Crippen molar-refractivity contribution in [2.24, 2.45) is 5.92 Å². The minimum Gasteiger partial charge on any atom is -0.319 e. The van der Waals surface area contributed by atoms with Crippen LogP contribution >= 0.6 is 0 Å². The van der Waals surface area contributed by atoms with Crippen LogP contribution < -0.4 is 5.32 Å². The largest absolute Gasteiger partial charge is 0.319 e. The second kappa shape index (κ2) is 6.24. The van der Waals surface area contributed by atoms with Gasteiger partial charge in [-0.05, 0) is 63.4 Å². The summed E-state index contributed by atoms with van der Waals surface area (Å²) in [4.78, 5) is 0.463. The molecule has 0 aromatic heterocycles. The van der Waals surface area contributed by atoms with Crippen molar-refractivity contribution in [1.29, 1.82) is 0 Å². The Balaban J connectivity index is 2.18. The van der Waals surface area contributed by atoms with Crippen LogP contribution in [0.15, 0.2) is 23.1 Å². The van der Waals surface area contributed by atoms with Crippen molar-refractivity contribution >= 4 is 10.0 Å². The molecule has 1 N–H and O–H groups in total. The van der Waals surface area contributed by atoms with Gasteiger partial charge in [-0.15, -0.1) is 0 Å². The standard InChI is InChI=1S/C15H24N2O2S/c1-12-4-5-13(2)15(10-12)20(18,19)17-8-6-14(7-9-17)11-16-3/h4-5,10,14,16H,6-9,11H2,1-3H3. The third-order valence-corrected chi connectivity index (χ3v) is 6.07. The fraction of sp³-hybridized carbons (Fsp3) is 0.600. The third kappa shape index (κ3) is 3.22. The highest BCUT2D eigenvalue weighted by Crippen LogP contribution is 2.26. The van der Waals surface area contributed by atoms with Gasteiger partial charge in [0.25, 0.3) is 0 Å². The van der Waals surface area contributed by atoms with Gasteiger partial charge in [0, 0.05) is 13.1 Å². The average molecular weight is 296 g/mol. The molecule has 5 heteroatoms. The molecule has 0 bridgehead atoms. The molecule has 1 aromatic carbocycles. The number of nitrogens with one attached hydrogen (secondary N) is 1. The molecule has 0 unspecified atom stereocenters. The SMILES string of the molecule is CNCC1CCN(S(=O)(=O)c2cc(C)ccc2C)CC1. The molecule has 1 aliphatic heterocycles. The van der Waals surface area contributed by atoms with E-state index in [1.165, 1.54) is 0 Å². The number of aryl methyl sites for hydroxylation is 2. The van der Waals surface area contributed by atoms with Gasteiger partial charge in [-0.3, -0.25) is 0 Å². The van der Waals surface area contributed by atoms with Gasteiger partial charge in [0.05, 0.1) is 4.90 Å². The van der Waals surface area contributed by atoms with Crippen LogP contribution in [0.1, 0.15) is 24.0 Å². The maximum absolute atomic E-state index is 12.7. The molecule has 4 nitrogen and oxygen atoms in total. The van der Waals surface area contributed by atoms with Gasteiger partial charge in [0.2, 0.25) is 10.0 Å². The smallest absolute Gasteiger partial charge is 0.243 e. The predicted octanol–water partition coefficient (Wildman–Crippen LogP) is 1.92. The van der Waals surface area contributed by atoms with Crippen LogP contribution in [0.5, 0.6) is 0 Å². The molecule has 1 saturated heterocycles. The van der Waals surface area contributed by atoms with Crippen molar-refractivity contribution in [3.8, 4) is 0 Å². The summed E-state index contributed by atoms with van der Waals surface area (Å²) in [5.74, 6) is 0.588. The zero-order chi connectivity index (χ0) is 14.8. The van der Waals surface area contributed by atoms with Gasteiger partial charge in [-0.1, -0.05) is 12.1 Å². The first-order valence-corrected chi connectivity index (χ1v) is 8.61. The molecule has 0 saturated carbocycles. The fourth-order valence-corrected chi connectivity index (χ4v) is 4.55. The Morgan fingerprint density at radius 3 is 2.50 bits per heavy atom. The Labute approximate surface area is 122 Å². The predicted molar refractivity (Wildman–Crippen MR) is 81.3 cm³/mol. The van der Waals surface area contributed by atoms with Gasteiger partial charge >= 0.3 is 0 Å². The van der Waals surface area contributed by atoms with Crippen LogP contribution in [0.2, 0.25) is 0 Å². The molecule has 20 heavy (non-hydrogen) atoms. The number of hydrogen-bond donors (Lipinski definition) is 1. The van der Waals surface area contributed by atoms with E-state index >= 15 is 0 Å². The summed E-state index contributed by atoms with van der Waals surface area (Å²) in [6.45, 7) is 6.01. The Morgan fingerprint density at radius 2 is 1.90 bits per heavy atom. The molecular formula is C15H24N2O2S. The molecule has 2 rings (SSSR count). The molecule has 112 valence electrons. The first-order valence-electron chi connectivity index (χ1n) is 7.17. The second-order valence-electron chi connectivity index (χ2n) is 5.67. The van der Waals surface area contributed by atoms with Crippen LogP contribution in [-0.4, -0.2) is 39.4 Å². The summed E-state index contributed by atoms with van der Waals surface area (Å²) in [5.41, 5.74) is 1.81. The van der Waals surface area contributed by atoms with Crippen LogP contribution in [-0.2, 0) is 10.0 Å². The molecule has 0 radical (unpaired) electrons. The van der Waals surface area contributed by atoms with Gasteiger partial charge in [-0.2, -0.15) is 4.31 Å². The topological polar surface area (TPSA) is 49.4 Å². The van der Waals surface area contributed by atoms with Crippen LogP contribution in [0.3, 0.4) is 0 Å². The van der Waals surface area contributed by atoms with E-state index in [0.29, 0.717) is 23.9 Å². The van der Waals surface area contributed by atoms with E-state index in [2.05, 4.69) is 5.32 Å². The molecule has 0 amide bonds. The molecule has 0 atom stereocenters. The highest BCUT2D eigenvalue weighted by atomic mass is 32.2. The zero-order valence-electron chi connectivity index (χ0n) is 12.5. The number of benzene rings is 1. The quantitative estimate of drug-likeness (QED) is 0.923. The van der Waals surface area contributed by atoms with Crippen molar-refractivity contribution in [3.05, 3.63) is 29.3 Å². The van der Waals surface area contributed by atoms with Gasteiger partial charge in [-0.25, -0.2) is 8.42 Å². The number of nitrogens with zero attached hydrogens (tertiary/aromatic N) is 1. The van der Waals surface area contributed by atoms with Crippen molar-refractivity contribution in [3.63, 3.8) is 0 Å². The maximum Gasteiger partial charge on any atom is 0.243 e. The lowest BCUT2D eigenvalue weighted by molar-refractivity contribution is 0.270. The molecular weight excluding hydrogens is 272 g/mol. The maximum atomic E-state index is 12.7. The molecule has 1 aromatic rings. The monoisotopic (exact) mass is 296 g/mol. The minimum absolute atomic E-state index is 0.463. The highest BCUT2D eigenvalue weighted by Gasteiger charge is 2.30. The lowest BCUT2D eigenvalue weighted by Gasteiger charge is -2.31. The van der Waals surface area contributed by atoms with E-state index in [1.54, 1.807) is 10.4 Å². The Bertz CT molecular complexity index is 561. The van der Waals surface area contributed by atoms with Crippen molar-refractivity contribution in [2.45, 2.75) is 31.6 Å². The fourth-order valence-electron chi connectivity index (χ4n) is 2.77. The lowest BCUT2D eigenvalue weighted by atomic mass is 9.98. The molecule has 0 spiro atoms. The molecule has 1 aliphatic rings. The number of sulfonamides is 1. The summed E-state index contributed by atoms with van der Waals surface area (Å²) in [5, 5.41) is 3.17. The Morgan fingerprint density at radius 1 is 1.25 bits per heavy atom. The molecule has 1 heterocycles. The van der Waals surface area contributed by atoms with E-state index < -0.39 is 10.0 Å².